The van der Waals surface area contributed by atoms with Crippen LogP contribution in [0.15, 0.2) is 29.3 Å². The molecule has 0 spiro atoms. The lowest BCUT2D eigenvalue weighted by Gasteiger charge is -2.34. The third-order valence-electron chi connectivity index (χ3n) is 4.90. The SMILES string of the molecule is CCNC(=NCC(c1ccc(F)cc1)N1CCOCC1)N1CCCC1.I. The second-order valence-electron chi connectivity index (χ2n) is 6.60. The van der Waals surface area contributed by atoms with E-state index in [1.165, 1.54) is 25.0 Å². The maximum Gasteiger partial charge on any atom is 0.193 e. The minimum atomic E-state index is -0.196. The first-order valence-corrected chi connectivity index (χ1v) is 9.38. The van der Waals surface area contributed by atoms with E-state index in [1.807, 2.05) is 12.1 Å². The lowest BCUT2D eigenvalue weighted by molar-refractivity contribution is 0.0179. The number of hydrogen-bond acceptors (Lipinski definition) is 3. The Labute approximate surface area is 173 Å². The Balaban J connectivity index is 0.00000243. The van der Waals surface area contributed by atoms with Crippen LogP contribution < -0.4 is 5.32 Å². The van der Waals surface area contributed by atoms with Gasteiger partial charge in [-0.15, -0.1) is 24.0 Å². The molecule has 1 aromatic rings. The number of nitrogens with one attached hydrogen (secondary N) is 1. The van der Waals surface area contributed by atoms with Crippen LogP contribution in [-0.4, -0.2) is 68.2 Å². The summed E-state index contributed by atoms with van der Waals surface area (Å²) >= 11 is 0. The van der Waals surface area contributed by atoms with Crippen molar-refractivity contribution in [3.63, 3.8) is 0 Å². The van der Waals surface area contributed by atoms with E-state index in [2.05, 4.69) is 22.0 Å². The number of halogens is 2. The van der Waals surface area contributed by atoms with Gasteiger partial charge >= 0.3 is 0 Å². The molecule has 3 rings (SSSR count). The van der Waals surface area contributed by atoms with Crippen molar-refractivity contribution >= 4 is 29.9 Å². The van der Waals surface area contributed by atoms with Crippen LogP contribution in [0.4, 0.5) is 4.39 Å². The van der Waals surface area contributed by atoms with Crippen LogP contribution in [0.5, 0.6) is 0 Å². The van der Waals surface area contributed by atoms with E-state index in [-0.39, 0.29) is 35.8 Å². The third-order valence-corrected chi connectivity index (χ3v) is 4.90. The van der Waals surface area contributed by atoms with Gasteiger partial charge in [0.15, 0.2) is 5.96 Å². The Kier molecular flexibility index (Phi) is 9.07. The lowest BCUT2D eigenvalue weighted by Crippen LogP contribution is -2.42. The summed E-state index contributed by atoms with van der Waals surface area (Å²) in [4.78, 5) is 9.66. The molecule has 0 aromatic heterocycles. The standard InChI is InChI=1S/C19H29FN4O.HI/c1-2-21-19(24-9-3-4-10-24)22-15-18(23-11-13-25-14-12-23)16-5-7-17(20)8-6-16;/h5-8,18H,2-4,9-15H2,1H3,(H,21,22);1H. The highest BCUT2D eigenvalue weighted by Gasteiger charge is 2.23. The number of benzene rings is 1. The highest BCUT2D eigenvalue weighted by molar-refractivity contribution is 14.0. The summed E-state index contributed by atoms with van der Waals surface area (Å²) in [5.74, 6) is 0.804. The molecule has 1 aromatic carbocycles. The van der Waals surface area contributed by atoms with E-state index in [4.69, 9.17) is 9.73 Å². The summed E-state index contributed by atoms with van der Waals surface area (Å²) in [6, 6.07) is 7.00. The molecule has 2 aliphatic heterocycles. The van der Waals surface area contributed by atoms with Gasteiger partial charge in [0.05, 0.1) is 25.8 Å². The summed E-state index contributed by atoms with van der Waals surface area (Å²) in [5, 5.41) is 3.42. The average Bonchev–Trinajstić information content (AvgIpc) is 3.18. The molecule has 2 heterocycles. The van der Waals surface area contributed by atoms with Crippen LogP contribution in [-0.2, 0) is 4.74 Å². The van der Waals surface area contributed by atoms with Gasteiger partial charge in [0.2, 0.25) is 0 Å². The molecular weight excluding hydrogens is 446 g/mol. The predicted octanol–water partition coefficient (Wildman–Crippen LogP) is 2.88. The zero-order valence-electron chi connectivity index (χ0n) is 15.5. The Morgan fingerprint density at radius 2 is 1.81 bits per heavy atom. The van der Waals surface area contributed by atoms with Crippen molar-refractivity contribution < 1.29 is 9.13 Å². The molecule has 0 amide bonds. The Morgan fingerprint density at radius 1 is 1.15 bits per heavy atom. The monoisotopic (exact) mass is 476 g/mol. The van der Waals surface area contributed by atoms with Crippen molar-refractivity contribution in [2.75, 3.05) is 52.5 Å². The summed E-state index contributed by atoms with van der Waals surface area (Å²) in [6.07, 6.45) is 2.46. The zero-order chi connectivity index (χ0) is 17.5. The summed E-state index contributed by atoms with van der Waals surface area (Å²) in [7, 11) is 0. The van der Waals surface area contributed by atoms with Crippen LogP contribution in [0.2, 0.25) is 0 Å². The summed E-state index contributed by atoms with van der Waals surface area (Å²) in [6.45, 7) is 9.05. The van der Waals surface area contributed by atoms with Crippen molar-refractivity contribution in [2.45, 2.75) is 25.8 Å². The first-order chi connectivity index (χ1) is 12.3. The van der Waals surface area contributed by atoms with Gasteiger partial charge in [-0.1, -0.05) is 12.1 Å². The molecule has 0 saturated carbocycles. The maximum atomic E-state index is 13.3. The molecule has 2 fully saturated rings. The molecule has 146 valence electrons. The Morgan fingerprint density at radius 3 is 2.42 bits per heavy atom. The smallest absolute Gasteiger partial charge is 0.193 e. The molecule has 0 bridgehead atoms. The maximum absolute atomic E-state index is 13.3. The Bertz CT molecular complexity index is 557. The van der Waals surface area contributed by atoms with Gasteiger partial charge in [-0.2, -0.15) is 0 Å². The lowest BCUT2D eigenvalue weighted by atomic mass is 10.0. The van der Waals surface area contributed by atoms with Gasteiger partial charge in [-0.3, -0.25) is 9.89 Å². The fraction of sp³-hybridized carbons (Fsp3) is 0.632. The fourth-order valence-electron chi connectivity index (χ4n) is 3.53. The first kappa shape index (κ1) is 21.4. The quantitative estimate of drug-likeness (QED) is 0.403. The van der Waals surface area contributed by atoms with Crippen molar-refractivity contribution in [2.24, 2.45) is 4.99 Å². The molecule has 0 aliphatic carbocycles. The number of aliphatic imine (C=N–C) groups is 1. The molecule has 7 heteroatoms. The van der Waals surface area contributed by atoms with Crippen LogP contribution in [0, 0.1) is 5.82 Å². The molecule has 1 N–H and O–H groups in total. The van der Waals surface area contributed by atoms with E-state index in [9.17, 15) is 4.39 Å². The van der Waals surface area contributed by atoms with Crippen LogP contribution in [0.25, 0.3) is 0 Å². The van der Waals surface area contributed by atoms with Gasteiger partial charge in [0, 0.05) is 32.7 Å². The minimum Gasteiger partial charge on any atom is -0.379 e. The van der Waals surface area contributed by atoms with E-state index >= 15 is 0 Å². The Hall–Kier alpha value is -0.930. The summed E-state index contributed by atoms with van der Waals surface area (Å²) < 4.78 is 18.8. The van der Waals surface area contributed by atoms with Crippen molar-refractivity contribution in [3.05, 3.63) is 35.6 Å². The number of guanidine groups is 1. The highest BCUT2D eigenvalue weighted by atomic mass is 127. The van der Waals surface area contributed by atoms with Gasteiger partial charge in [-0.25, -0.2) is 4.39 Å². The van der Waals surface area contributed by atoms with Crippen molar-refractivity contribution in [1.82, 2.24) is 15.1 Å². The van der Waals surface area contributed by atoms with Crippen LogP contribution in [0.3, 0.4) is 0 Å². The van der Waals surface area contributed by atoms with E-state index in [1.54, 1.807) is 0 Å². The van der Waals surface area contributed by atoms with E-state index in [0.717, 1.165) is 57.5 Å². The molecule has 5 nitrogen and oxygen atoms in total. The third kappa shape index (κ3) is 5.79. The molecule has 0 radical (unpaired) electrons. The van der Waals surface area contributed by atoms with Crippen LogP contribution >= 0.6 is 24.0 Å². The highest BCUT2D eigenvalue weighted by Crippen LogP contribution is 2.23. The van der Waals surface area contributed by atoms with Crippen molar-refractivity contribution in [1.29, 1.82) is 0 Å². The van der Waals surface area contributed by atoms with Gasteiger partial charge in [0.25, 0.3) is 0 Å². The van der Waals surface area contributed by atoms with Gasteiger partial charge in [-0.05, 0) is 37.5 Å². The van der Waals surface area contributed by atoms with Gasteiger partial charge in [0.1, 0.15) is 5.82 Å². The number of rotatable bonds is 5. The minimum absolute atomic E-state index is 0. The topological polar surface area (TPSA) is 40.1 Å². The number of nitrogens with zero attached hydrogens (tertiary/aromatic N) is 3. The fourth-order valence-corrected chi connectivity index (χ4v) is 3.53. The first-order valence-electron chi connectivity index (χ1n) is 9.38. The molecule has 1 atom stereocenters. The molecule has 26 heavy (non-hydrogen) atoms. The number of ether oxygens (including phenoxy) is 1. The zero-order valence-corrected chi connectivity index (χ0v) is 17.8. The van der Waals surface area contributed by atoms with Crippen LogP contribution in [0.1, 0.15) is 31.4 Å². The summed E-state index contributed by atoms with van der Waals surface area (Å²) in [5.41, 5.74) is 1.12. The van der Waals surface area contributed by atoms with Gasteiger partial charge < -0.3 is 15.0 Å². The molecule has 2 aliphatic rings. The largest absolute Gasteiger partial charge is 0.379 e. The second kappa shape index (κ2) is 11.0. The van der Waals surface area contributed by atoms with Crippen molar-refractivity contribution in [3.8, 4) is 0 Å². The number of hydrogen-bond donors (Lipinski definition) is 1. The normalized spacial score (nSPS) is 19.9. The molecule has 2 saturated heterocycles. The number of likely N-dealkylation sites (tertiary alicyclic amines) is 1. The predicted molar refractivity (Wildman–Crippen MR) is 114 cm³/mol. The second-order valence-corrected chi connectivity index (χ2v) is 6.60. The number of morpholine rings is 1. The molecular formula is C19H30FIN4O. The molecule has 1 unspecified atom stereocenters. The van der Waals surface area contributed by atoms with E-state index < -0.39 is 0 Å². The van der Waals surface area contributed by atoms with E-state index in [0.29, 0.717) is 6.54 Å². The average molecular weight is 476 g/mol.